The van der Waals surface area contributed by atoms with Crippen molar-refractivity contribution in [2.75, 3.05) is 20.0 Å². The average Bonchev–Trinajstić information content (AvgIpc) is 3.82. The van der Waals surface area contributed by atoms with Crippen LogP contribution in [0.3, 0.4) is 0 Å². The Morgan fingerprint density at radius 2 is 1.54 bits per heavy atom. The van der Waals surface area contributed by atoms with Crippen molar-refractivity contribution in [3.8, 4) is 0 Å². The molecule has 0 saturated carbocycles. The van der Waals surface area contributed by atoms with Crippen LogP contribution in [0.5, 0.6) is 0 Å². The number of rotatable bonds is 6. The molecule has 56 heavy (non-hydrogen) atoms. The summed E-state index contributed by atoms with van der Waals surface area (Å²) in [6.07, 6.45) is 3.43. The molecule has 0 aromatic rings. The third kappa shape index (κ3) is 7.87. The second-order valence-electron chi connectivity index (χ2n) is 18.2. The minimum absolute atomic E-state index is 0.0168. The van der Waals surface area contributed by atoms with Gasteiger partial charge in [-0.25, -0.2) is 0 Å². The SMILES string of the molecule is C=C1C[C@@H]2CC[C@@]34C[C@@H]5O[C@@H]6C(O[C@H]7CC[C@H](CC(=O)C[C@@H]8[C@@H](OC)[C@@H](C[C@H](O)COS(C)(=O)=O)O[C@H]8C[C@H]8O[C@@H](CC[C@@H]1O2)C[C@@H](C)C8=C)O[C@@H]7[C@@H]6O3)[C@H]5O4. The number of ketones is 1. The lowest BCUT2D eigenvalue weighted by Crippen LogP contribution is -2.61. The molecule has 10 heterocycles. The highest BCUT2D eigenvalue weighted by Gasteiger charge is 2.68. The summed E-state index contributed by atoms with van der Waals surface area (Å²) < 4.78 is 88.1. The van der Waals surface area contributed by atoms with Crippen LogP contribution in [0.25, 0.3) is 0 Å². The van der Waals surface area contributed by atoms with Gasteiger partial charge in [0.05, 0.1) is 80.0 Å². The Morgan fingerprint density at radius 1 is 0.804 bits per heavy atom. The maximum Gasteiger partial charge on any atom is 0.264 e. The summed E-state index contributed by atoms with van der Waals surface area (Å²) in [5, 5.41) is 10.8. The van der Waals surface area contributed by atoms with E-state index in [2.05, 4.69) is 20.1 Å². The van der Waals surface area contributed by atoms with Gasteiger partial charge in [-0.3, -0.25) is 8.98 Å². The maximum absolute atomic E-state index is 14.1. The third-order valence-corrected chi connectivity index (χ3v) is 14.7. The van der Waals surface area contributed by atoms with Crippen LogP contribution >= 0.6 is 0 Å². The van der Waals surface area contributed by atoms with E-state index in [4.69, 9.17) is 46.8 Å². The van der Waals surface area contributed by atoms with Crippen molar-refractivity contribution >= 4 is 15.9 Å². The summed E-state index contributed by atoms with van der Waals surface area (Å²) in [4.78, 5) is 14.1. The normalized spacial score (nSPS) is 49.8. The van der Waals surface area contributed by atoms with Crippen LogP contribution in [-0.2, 0) is 61.7 Å². The smallest absolute Gasteiger partial charge is 0.264 e. The van der Waals surface area contributed by atoms with Gasteiger partial charge >= 0.3 is 0 Å². The second kappa shape index (κ2) is 15.6. The van der Waals surface area contributed by atoms with Crippen molar-refractivity contribution in [1.82, 2.24) is 0 Å². The van der Waals surface area contributed by atoms with E-state index >= 15 is 0 Å². The lowest BCUT2D eigenvalue weighted by molar-refractivity contribution is -0.292. The molecule has 0 aromatic heterocycles. The first kappa shape index (κ1) is 40.1. The number of hydrogen-bond acceptors (Lipinski definition) is 14. The van der Waals surface area contributed by atoms with Crippen molar-refractivity contribution in [3.63, 3.8) is 0 Å². The lowest BCUT2D eigenvalue weighted by atomic mass is 9.81. The van der Waals surface area contributed by atoms with Gasteiger partial charge in [0.1, 0.15) is 36.3 Å². The van der Waals surface area contributed by atoms with E-state index in [1.807, 2.05) is 0 Å². The molecular formula is C41H60O14S. The summed E-state index contributed by atoms with van der Waals surface area (Å²) in [5.74, 6) is -0.927. The first-order valence-electron chi connectivity index (χ1n) is 21.0. The Kier molecular flexibility index (Phi) is 11.2. The van der Waals surface area contributed by atoms with E-state index in [9.17, 15) is 18.3 Å². The van der Waals surface area contributed by atoms with Gasteiger partial charge in [-0.05, 0) is 62.0 Å². The van der Waals surface area contributed by atoms with Gasteiger partial charge in [0.2, 0.25) is 0 Å². The molecule has 10 fully saturated rings. The summed E-state index contributed by atoms with van der Waals surface area (Å²) in [7, 11) is -2.17. The number of fused-ring (bicyclic) bond motifs is 6. The van der Waals surface area contributed by atoms with Crippen molar-refractivity contribution in [1.29, 1.82) is 0 Å². The predicted octanol–water partition coefficient (Wildman–Crippen LogP) is 3.46. The number of aliphatic hydroxyl groups excluding tert-OH is 1. The number of carbonyl (C=O) groups is 1. The van der Waals surface area contributed by atoms with Crippen LogP contribution in [0, 0.1) is 11.8 Å². The van der Waals surface area contributed by atoms with Gasteiger partial charge in [-0.1, -0.05) is 20.1 Å². The van der Waals surface area contributed by atoms with E-state index in [0.717, 1.165) is 55.9 Å². The summed E-state index contributed by atoms with van der Waals surface area (Å²) >= 11 is 0. The zero-order valence-electron chi connectivity index (χ0n) is 32.9. The first-order valence-corrected chi connectivity index (χ1v) is 22.8. The molecule has 1 N–H and O–H groups in total. The molecule has 14 nitrogen and oxygen atoms in total. The van der Waals surface area contributed by atoms with Gasteiger partial charge in [0.15, 0.2) is 5.79 Å². The molecule has 0 aliphatic carbocycles. The minimum Gasteiger partial charge on any atom is -0.391 e. The fourth-order valence-electron chi connectivity index (χ4n) is 11.5. The topological polar surface area (TPSA) is 164 Å². The molecule has 10 saturated heterocycles. The number of methoxy groups -OCH3 is 1. The Hall–Kier alpha value is -1.34. The summed E-state index contributed by atoms with van der Waals surface area (Å²) in [5.41, 5.74) is 2.10. The van der Waals surface area contributed by atoms with Gasteiger partial charge in [0, 0.05) is 51.6 Å². The number of ether oxygens (including phenoxy) is 9. The fraction of sp³-hybridized carbons (Fsp3) is 0.878. The average molecular weight is 809 g/mol. The second-order valence-corrected chi connectivity index (χ2v) is 19.8. The molecule has 1 unspecified atom stereocenters. The van der Waals surface area contributed by atoms with Crippen LogP contribution in [0.1, 0.15) is 90.4 Å². The number of carbonyl (C=O) groups excluding carboxylic acids is 1. The van der Waals surface area contributed by atoms with E-state index in [-0.39, 0.29) is 104 Å². The van der Waals surface area contributed by atoms with Gasteiger partial charge in [-0.15, -0.1) is 0 Å². The summed E-state index contributed by atoms with van der Waals surface area (Å²) in [6.45, 7) is 10.6. The molecule has 10 aliphatic rings. The van der Waals surface area contributed by atoms with Crippen molar-refractivity contribution < 1.29 is 65.1 Å². The van der Waals surface area contributed by atoms with Crippen molar-refractivity contribution in [3.05, 3.63) is 24.3 Å². The molecule has 10 rings (SSSR count). The largest absolute Gasteiger partial charge is 0.391 e. The number of aliphatic hydroxyl groups is 1. The summed E-state index contributed by atoms with van der Waals surface area (Å²) in [6, 6.07) is 0. The lowest BCUT2D eigenvalue weighted by Gasteiger charge is -2.47. The Labute approximate surface area is 330 Å². The molecule has 19 atom stereocenters. The van der Waals surface area contributed by atoms with Crippen molar-refractivity contribution in [2.45, 2.75) is 194 Å². The highest BCUT2D eigenvalue weighted by Crippen LogP contribution is 2.54. The van der Waals surface area contributed by atoms with Crippen LogP contribution in [0.15, 0.2) is 24.3 Å². The number of Topliss-reactive ketones (excluding diaryl/α,β-unsaturated/α-hetero) is 1. The van der Waals surface area contributed by atoms with Gasteiger partial charge in [0.25, 0.3) is 10.1 Å². The Bertz CT molecular complexity index is 1620. The molecule has 10 aliphatic heterocycles. The molecular weight excluding hydrogens is 749 g/mol. The van der Waals surface area contributed by atoms with E-state index in [1.54, 1.807) is 7.11 Å². The van der Waals surface area contributed by atoms with Crippen LogP contribution in [-0.4, -0.2) is 143 Å². The molecule has 314 valence electrons. The monoisotopic (exact) mass is 808 g/mol. The molecule has 15 heteroatoms. The number of hydrogen-bond donors (Lipinski definition) is 1. The molecule has 0 radical (unpaired) electrons. The van der Waals surface area contributed by atoms with Crippen LogP contribution < -0.4 is 0 Å². The zero-order valence-corrected chi connectivity index (χ0v) is 33.7. The van der Waals surface area contributed by atoms with E-state index < -0.39 is 53.0 Å². The zero-order chi connectivity index (χ0) is 39.1. The molecule has 12 bridgehead atoms. The first-order chi connectivity index (χ1) is 26.7. The quantitative estimate of drug-likeness (QED) is 0.307. The highest BCUT2D eigenvalue weighted by molar-refractivity contribution is 7.85. The predicted molar refractivity (Wildman–Crippen MR) is 198 cm³/mol. The molecule has 0 amide bonds. The fourth-order valence-corrected chi connectivity index (χ4v) is 11.9. The van der Waals surface area contributed by atoms with E-state index in [1.165, 1.54) is 0 Å². The molecule has 0 aromatic carbocycles. The van der Waals surface area contributed by atoms with Crippen LogP contribution in [0.2, 0.25) is 0 Å². The van der Waals surface area contributed by atoms with Gasteiger partial charge < -0.3 is 47.7 Å². The standard InChI is InChI=1S/C41H60O14S/c1-20-12-25-6-8-29-21(2)13-27(48-29)10-11-41-18-34-37(54-41)38-39(53-34)40(55-41)36-30(52-38)9-7-26(50-36)14-23(42)15-28-32(17-31(49-25)22(20)3)51-33(35(28)46-4)16-24(43)19-47-56(5,44)45/h20,24-40,43H,2-3,6-19H2,1,4-5H3/t20-,24+,25+,26-,27+,28+,29+,30+,31-,32+,33-,34+,35-,36+,37+,38?,39-,40+,41+/m1/s1. The highest BCUT2D eigenvalue weighted by atomic mass is 32.2. The van der Waals surface area contributed by atoms with E-state index in [0.29, 0.717) is 25.7 Å². The Balaban J connectivity index is 0.979. The maximum atomic E-state index is 14.1. The van der Waals surface area contributed by atoms with Crippen LogP contribution in [0.4, 0.5) is 0 Å². The Morgan fingerprint density at radius 3 is 2.34 bits per heavy atom. The third-order valence-electron chi connectivity index (χ3n) is 14.2. The van der Waals surface area contributed by atoms with Crippen molar-refractivity contribution in [2.24, 2.45) is 11.8 Å². The van der Waals surface area contributed by atoms with Gasteiger partial charge in [-0.2, -0.15) is 8.42 Å². The minimum atomic E-state index is -3.75. The molecule has 1 spiro atoms.